The fraction of sp³-hybridized carbons (Fsp3) is 0.529. The molecule has 0 saturated carbocycles. The number of piperazine rings is 1. The van der Waals surface area contributed by atoms with Gasteiger partial charge in [0.15, 0.2) is 10.3 Å². The fourth-order valence-corrected chi connectivity index (χ4v) is 3.47. The van der Waals surface area contributed by atoms with E-state index < -0.39 is 0 Å². The van der Waals surface area contributed by atoms with Crippen molar-refractivity contribution in [2.75, 3.05) is 46.5 Å². The lowest BCUT2D eigenvalue weighted by Crippen LogP contribution is -2.51. The van der Waals surface area contributed by atoms with E-state index in [-0.39, 0.29) is 12.0 Å². The monoisotopic (exact) mass is 427 g/mol. The Morgan fingerprint density at radius 2 is 1.88 bits per heavy atom. The van der Waals surface area contributed by atoms with Gasteiger partial charge in [-0.25, -0.2) is 4.79 Å². The predicted molar refractivity (Wildman–Crippen MR) is 98.3 cm³/mol. The Morgan fingerprint density at radius 3 is 2.54 bits per heavy atom. The summed E-state index contributed by atoms with van der Waals surface area (Å²) in [6.07, 6.45) is -0.328. The number of furan rings is 1. The molecule has 9 heteroatoms. The lowest BCUT2D eigenvalue weighted by molar-refractivity contribution is 0.0561. The zero-order valence-electron chi connectivity index (χ0n) is 14.9. The maximum absolute atomic E-state index is 13.0. The highest BCUT2D eigenvalue weighted by Crippen LogP contribution is 2.28. The van der Waals surface area contributed by atoms with Crippen molar-refractivity contribution in [1.82, 2.24) is 14.4 Å². The molecule has 1 aliphatic rings. The van der Waals surface area contributed by atoms with E-state index in [4.69, 9.17) is 13.9 Å². The highest BCUT2D eigenvalue weighted by molar-refractivity contribution is 9.10. The first-order valence-corrected chi connectivity index (χ1v) is 9.33. The van der Waals surface area contributed by atoms with Crippen LogP contribution in [0.3, 0.4) is 0 Å². The van der Waals surface area contributed by atoms with E-state index in [9.17, 15) is 9.59 Å². The number of halogens is 1. The Hall–Kier alpha value is -2.00. The summed E-state index contributed by atoms with van der Waals surface area (Å²) in [5.74, 6) is -0.0767. The fourth-order valence-electron chi connectivity index (χ4n) is 3.08. The van der Waals surface area contributed by atoms with Gasteiger partial charge in [0.25, 0.3) is 5.91 Å². The molecule has 0 atom stereocenters. The first kappa shape index (κ1) is 18.8. The molecule has 1 saturated heterocycles. The van der Waals surface area contributed by atoms with Crippen LogP contribution in [0.25, 0.3) is 11.1 Å². The number of fused-ring (bicyclic) bond motifs is 1. The van der Waals surface area contributed by atoms with E-state index in [1.165, 1.54) is 0 Å². The number of hydrogen-bond acceptors (Lipinski definition) is 5. The summed E-state index contributed by atoms with van der Waals surface area (Å²) < 4.78 is 18.3. The first-order chi connectivity index (χ1) is 12.5. The Balaban J connectivity index is 1.75. The second kappa shape index (κ2) is 8.13. The molecule has 1 aliphatic heterocycles. The molecule has 0 bridgehead atoms. The first-order valence-electron chi connectivity index (χ1n) is 8.53. The molecule has 0 spiro atoms. The van der Waals surface area contributed by atoms with E-state index in [0.29, 0.717) is 61.9 Å². The molecule has 2 aromatic heterocycles. The van der Waals surface area contributed by atoms with E-state index in [1.54, 1.807) is 29.9 Å². The van der Waals surface area contributed by atoms with Crippen LogP contribution in [-0.2, 0) is 16.0 Å². The molecule has 26 heavy (non-hydrogen) atoms. The van der Waals surface area contributed by atoms with Crippen molar-refractivity contribution >= 4 is 39.0 Å². The summed E-state index contributed by atoms with van der Waals surface area (Å²) in [6, 6.07) is 3.61. The molecule has 0 N–H and O–H groups in total. The van der Waals surface area contributed by atoms with Crippen LogP contribution in [0.1, 0.15) is 17.4 Å². The number of hydrogen-bond donors (Lipinski definition) is 0. The molecule has 3 heterocycles. The van der Waals surface area contributed by atoms with Crippen LogP contribution in [0.15, 0.2) is 21.2 Å². The highest BCUT2D eigenvalue weighted by Gasteiger charge is 2.28. The van der Waals surface area contributed by atoms with Crippen molar-refractivity contribution in [2.45, 2.75) is 13.5 Å². The summed E-state index contributed by atoms with van der Waals surface area (Å²) in [5, 5.41) is 0. The quantitative estimate of drug-likeness (QED) is 0.732. The zero-order valence-corrected chi connectivity index (χ0v) is 16.5. The van der Waals surface area contributed by atoms with Gasteiger partial charge in [0.1, 0.15) is 5.69 Å². The van der Waals surface area contributed by atoms with E-state index in [0.717, 1.165) is 5.52 Å². The van der Waals surface area contributed by atoms with E-state index in [2.05, 4.69) is 15.9 Å². The Bertz CT molecular complexity index is 792. The molecule has 142 valence electrons. The maximum atomic E-state index is 13.0. The Labute approximate surface area is 159 Å². The SMILES string of the molecule is CCOC(=O)N1CCN(C(=O)c2cc3oc(Br)cc3n2CCOC)CC1. The normalized spacial score (nSPS) is 14.9. The van der Waals surface area contributed by atoms with Crippen molar-refractivity contribution in [2.24, 2.45) is 0 Å². The maximum Gasteiger partial charge on any atom is 0.409 e. The van der Waals surface area contributed by atoms with Gasteiger partial charge in [-0.3, -0.25) is 4.79 Å². The summed E-state index contributed by atoms with van der Waals surface area (Å²) in [7, 11) is 1.63. The van der Waals surface area contributed by atoms with Gasteiger partial charge in [-0.05, 0) is 22.9 Å². The third-order valence-corrected chi connectivity index (χ3v) is 4.78. The van der Waals surface area contributed by atoms with Crippen molar-refractivity contribution in [3.05, 3.63) is 22.5 Å². The summed E-state index contributed by atoms with van der Waals surface area (Å²) in [4.78, 5) is 28.2. The predicted octanol–water partition coefficient (Wildman–Crippen LogP) is 2.56. The molecule has 0 unspecified atom stereocenters. The lowest BCUT2D eigenvalue weighted by Gasteiger charge is -2.34. The number of ether oxygens (including phenoxy) is 2. The summed E-state index contributed by atoms with van der Waals surface area (Å²) in [5.41, 5.74) is 2.07. The summed E-state index contributed by atoms with van der Waals surface area (Å²) >= 11 is 3.32. The van der Waals surface area contributed by atoms with Gasteiger partial charge < -0.3 is 28.3 Å². The lowest BCUT2D eigenvalue weighted by atomic mass is 10.3. The highest BCUT2D eigenvalue weighted by atomic mass is 79.9. The smallest absolute Gasteiger partial charge is 0.409 e. The average Bonchev–Trinajstić information content (AvgIpc) is 3.16. The van der Waals surface area contributed by atoms with Crippen molar-refractivity contribution in [3.8, 4) is 0 Å². The van der Waals surface area contributed by atoms with E-state index >= 15 is 0 Å². The van der Waals surface area contributed by atoms with E-state index in [1.807, 2.05) is 10.6 Å². The Kier molecular flexibility index (Phi) is 5.87. The van der Waals surface area contributed by atoms with Crippen LogP contribution >= 0.6 is 15.9 Å². The third kappa shape index (κ3) is 3.73. The second-order valence-corrected chi connectivity index (χ2v) is 6.73. The second-order valence-electron chi connectivity index (χ2n) is 5.95. The third-order valence-electron chi connectivity index (χ3n) is 4.39. The molecule has 8 nitrogen and oxygen atoms in total. The van der Waals surface area contributed by atoms with Gasteiger partial charge in [0, 0.05) is 52.0 Å². The molecule has 3 rings (SSSR count). The van der Waals surface area contributed by atoms with Gasteiger partial charge >= 0.3 is 6.09 Å². The average molecular weight is 428 g/mol. The van der Waals surface area contributed by atoms with Crippen LogP contribution in [0.2, 0.25) is 0 Å². The number of nitrogens with zero attached hydrogens (tertiary/aromatic N) is 3. The van der Waals surface area contributed by atoms with Crippen LogP contribution in [-0.4, -0.2) is 72.9 Å². The molecule has 0 aromatic carbocycles. The molecule has 0 radical (unpaired) electrons. The number of carbonyl (C=O) groups excluding carboxylic acids is 2. The number of carbonyl (C=O) groups is 2. The molecular formula is C17H22BrN3O5. The van der Waals surface area contributed by atoms with Crippen molar-refractivity contribution < 1.29 is 23.5 Å². The van der Waals surface area contributed by atoms with Crippen LogP contribution in [0, 0.1) is 0 Å². The molecule has 2 amide bonds. The van der Waals surface area contributed by atoms with Crippen molar-refractivity contribution in [1.29, 1.82) is 0 Å². The van der Waals surface area contributed by atoms with Crippen molar-refractivity contribution in [3.63, 3.8) is 0 Å². The van der Waals surface area contributed by atoms with Gasteiger partial charge in [0.05, 0.1) is 18.7 Å². The van der Waals surface area contributed by atoms with Gasteiger partial charge in [0.2, 0.25) is 0 Å². The minimum Gasteiger partial charge on any atom is -0.450 e. The van der Waals surface area contributed by atoms with Crippen LogP contribution in [0.4, 0.5) is 4.79 Å². The Morgan fingerprint density at radius 1 is 1.19 bits per heavy atom. The molecule has 0 aliphatic carbocycles. The van der Waals surface area contributed by atoms with Gasteiger partial charge in [-0.2, -0.15) is 0 Å². The van der Waals surface area contributed by atoms with Crippen LogP contribution in [0.5, 0.6) is 0 Å². The number of amides is 2. The van der Waals surface area contributed by atoms with Gasteiger partial charge in [-0.1, -0.05) is 0 Å². The number of rotatable bonds is 5. The largest absolute Gasteiger partial charge is 0.450 e. The van der Waals surface area contributed by atoms with Gasteiger partial charge in [-0.15, -0.1) is 0 Å². The zero-order chi connectivity index (χ0) is 18.7. The standard InChI is InChI=1S/C17H22BrN3O5/c1-3-25-17(23)20-6-4-19(5-7-20)16(22)13-10-14-12(11-15(18)26-14)21(13)8-9-24-2/h10-11H,3-9H2,1-2H3. The molecular weight excluding hydrogens is 406 g/mol. The molecule has 1 fully saturated rings. The number of methoxy groups -OCH3 is 1. The number of aromatic nitrogens is 1. The molecule has 2 aromatic rings. The van der Waals surface area contributed by atoms with Crippen LogP contribution < -0.4 is 0 Å². The minimum atomic E-state index is -0.328. The minimum absolute atomic E-state index is 0.0767. The summed E-state index contributed by atoms with van der Waals surface area (Å²) in [6.45, 7) is 5.03. The topological polar surface area (TPSA) is 77.2 Å².